The van der Waals surface area contributed by atoms with E-state index in [9.17, 15) is 14.0 Å². The Morgan fingerprint density at radius 1 is 0.931 bits per heavy atom. The van der Waals surface area contributed by atoms with Crippen LogP contribution in [0.15, 0.2) is 42.6 Å². The minimum atomic E-state index is -0.201. The SMILES string of the molecule is O=CN1CCN(C(=O)c2cc(N3CCN(c4ccccc4F)CC3)ccn2)CC1. The van der Waals surface area contributed by atoms with Crippen molar-refractivity contribution in [2.75, 3.05) is 62.2 Å². The van der Waals surface area contributed by atoms with E-state index in [-0.39, 0.29) is 11.7 Å². The van der Waals surface area contributed by atoms with E-state index in [4.69, 9.17) is 0 Å². The van der Waals surface area contributed by atoms with Crippen LogP contribution in [-0.2, 0) is 4.79 Å². The summed E-state index contributed by atoms with van der Waals surface area (Å²) in [5.74, 6) is -0.310. The summed E-state index contributed by atoms with van der Waals surface area (Å²) in [5, 5.41) is 0. The normalized spacial score (nSPS) is 17.4. The first-order chi connectivity index (χ1) is 14.2. The fourth-order valence-corrected chi connectivity index (χ4v) is 3.84. The van der Waals surface area contributed by atoms with Crippen molar-refractivity contribution < 1.29 is 14.0 Å². The third kappa shape index (κ3) is 4.16. The molecule has 2 saturated heterocycles. The lowest BCUT2D eigenvalue weighted by molar-refractivity contribution is -0.119. The molecule has 3 heterocycles. The third-order valence-electron chi connectivity index (χ3n) is 5.55. The molecular formula is C21H24FN5O2. The number of nitrogens with zero attached hydrogens (tertiary/aromatic N) is 5. The van der Waals surface area contributed by atoms with Crippen molar-refractivity contribution in [2.24, 2.45) is 0 Å². The Hall–Kier alpha value is -3.16. The number of hydrogen-bond acceptors (Lipinski definition) is 5. The fraction of sp³-hybridized carbons (Fsp3) is 0.381. The Bertz CT molecular complexity index is 877. The number of piperazine rings is 2. The van der Waals surface area contributed by atoms with E-state index in [0.29, 0.717) is 50.6 Å². The van der Waals surface area contributed by atoms with E-state index in [1.165, 1.54) is 6.07 Å². The van der Waals surface area contributed by atoms with Gasteiger partial charge in [0.25, 0.3) is 5.91 Å². The number of aromatic nitrogens is 1. The number of pyridine rings is 1. The molecule has 0 aliphatic carbocycles. The number of anilines is 2. The van der Waals surface area contributed by atoms with Gasteiger partial charge in [-0.2, -0.15) is 0 Å². The number of para-hydroxylation sites is 1. The van der Waals surface area contributed by atoms with Gasteiger partial charge in [-0.1, -0.05) is 12.1 Å². The van der Waals surface area contributed by atoms with Crippen molar-refractivity contribution in [3.8, 4) is 0 Å². The summed E-state index contributed by atoms with van der Waals surface area (Å²) in [6.45, 7) is 5.03. The van der Waals surface area contributed by atoms with Crippen LogP contribution in [0.1, 0.15) is 10.5 Å². The first-order valence-electron chi connectivity index (χ1n) is 9.85. The summed E-state index contributed by atoms with van der Waals surface area (Å²) in [6, 6.07) is 10.6. The molecule has 0 spiro atoms. The molecule has 1 aromatic heterocycles. The maximum Gasteiger partial charge on any atom is 0.272 e. The van der Waals surface area contributed by atoms with E-state index in [1.807, 2.05) is 23.1 Å². The summed E-state index contributed by atoms with van der Waals surface area (Å²) in [7, 11) is 0. The molecule has 0 atom stereocenters. The van der Waals surface area contributed by atoms with Crippen molar-refractivity contribution in [1.29, 1.82) is 0 Å². The molecule has 8 heteroatoms. The van der Waals surface area contributed by atoms with Gasteiger partial charge in [0, 0.05) is 64.2 Å². The molecule has 4 rings (SSSR count). The van der Waals surface area contributed by atoms with Crippen LogP contribution >= 0.6 is 0 Å². The maximum absolute atomic E-state index is 14.0. The number of carbonyl (C=O) groups excluding carboxylic acids is 2. The van der Waals surface area contributed by atoms with Gasteiger partial charge < -0.3 is 19.6 Å². The van der Waals surface area contributed by atoms with Crippen molar-refractivity contribution in [3.05, 3.63) is 54.1 Å². The van der Waals surface area contributed by atoms with Crippen LogP contribution in [0.25, 0.3) is 0 Å². The van der Waals surface area contributed by atoms with Crippen molar-refractivity contribution in [2.45, 2.75) is 0 Å². The van der Waals surface area contributed by atoms with Gasteiger partial charge in [0.05, 0.1) is 5.69 Å². The Kier molecular flexibility index (Phi) is 5.59. The fourth-order valence-electron chi connectivity index (χ4n) is 3.84. The summed E-state index contributed by atoms with van der Waals surface area (Å²) < 4.78 is 14.0. The van der Waals surface area contributed by atoms with Crippen LogP contribution in [0.3, 0.4) is 0 Å². The maximum atomic E-state index is 14.0. The molecular weight excluding hydrogens is 373 g/mol. The molecule has 0 bridgehead atoms. The molecule has 2 aromatic rings. The molecule has 29 heavy (non-hydrogen) atoms. The summed E-state index contributed by atoms with van der Waals surface area (Å²) in [4.78, 5) is 35.5. The van der Waals surface area contributed by atoms with Gasteiger partial charge in [0.2, 0.25) is 6.41 Å². The van der Waals surface area contributed by atoms with Crippen LogP contribution in [0, 0.1) is 5.82 Å². The van der Waals surface area contributed by atoms with Gasteiger partial charge >= 0.3 is 0 Å². The van der Waals surface area contributed by atoms with E-state index in [1.54, 1.807) is 28.1 Å². The molecule has 7 nitrogen and oxygen atoms in total. The second-order valence-electron chi connectivity index (χ2n) is 7.26. The highest BCUT2D eigenvalue weighted by Gasteiger charge is 2.24. The highest BCUT2D eigenvalue weighted by Crippen LogP contribution is 2.23. The smallest absolute Gasteiger partial charge is 0.272 e. The third-order valence-corrected chi connectivity index (χ3v) is 5.55. The van der Waals surface area contributed by atoms with E-state index in [2.05, 4.69) is 9.88 Å². The Morgan fingerprint density at radius 2 is 1.62 bits per heavy atom. The van der Waals surface area contributed by atoms with Gasteiger partial charge in [0.1, 0.15) is 11.5 Å². The van der Waals surface area contributed by atoms with Crippen LogP contribution < -0.4 is 9.80 Å². The van der Waals surface area contributed by atoms with Gasteiger partial charge in [-0.05, 0) is 24.3 Å². The minimum absolute atomic E-state index is 0.109. The van der Waals surface area contributed by atoms with Crippen molar-refractivity contribution >= 4 is 23.7 Å². The molecule has 152 valence electrons. The highest BCUT2D eigenvalue weighted by molar-refractivity contribution is 5.93. The first-order valence-corrected chi connectivity index (χ1v) is 9.85. The van der Waals surface area contributed by atoms with Crippen molar-refractivity contribution in [3.63, 3.8) is 0 Å². The topological polar surface area (TPSA) is 60.0 Å². The van der Waals surface area contributed by atoms with Crippen molar-refractivity contribution in [1.82, 2.24) is 14.8 Å². The number of carbonyl (C=O) groups is 2. The predicted molar refractivity (Wildman–Crippen MR) is 109 cm³/mol. The second-order valence-corrected chi connectivity index (χ2v) is 7.26. The predicted octanol–water partition coefficient (Wildman–Crippen LogP) is 1.46. The monoisotopic (exact) mass is 397 g/mol. The Labute approximate surface area is 169 Å². The van der Waals surface area contributed by atoms with E-state index < -0.39 is 0 Å². The quantitative estimate of drug-likeness (QED) is 0.731. The van der Waals surface area contributed by atoms with Crippen LogP contribution in [-0.4, -0.2) is 79.5 Å². The lowest BCUT2D eigenvalue weighted by atomic mass is 10.2. The lowest BCUT2D eigenvalue weighted by Crippen LogP contribution is -2.48. The zero-order chi connectivity index (χ0) is 20.2. The van der Waals surface area contributed by atoms with Crippen LogP contribution in [0.2, 0.25) is 0 Å². The number of amides is 2. The second kappa shape index (κ2) is 8.46. The van der Waals surface area contributed by atoms with Gasteiger partial charge in [0.15, 0.2) is 0 Å². The van der Waals surface area contributed by atoms with E-state index in [0.717, 1.165) is 25.2 Å². The summed E-state index contributed by atoms with van der Waals surface area (Å²) in [6.07, 6.45) is 2.48. The molecule has 2 aliphatic heterocycles. The standard InChI is InChI=1S/C21H24FN5O2/c22-18-3-1-2-4-20(18)26-13-11-25(12-14-26)17-5-6-23-19(15-17)21(29)27-9-7-24(16-28)8-10-27/h1-6,15-16H,7-14H2. The molecule has 0 saturated carbocycles. The molecule has 2 amide bonds. The Morgan fingerprint density at radius 3 is 2.31 bits per heavy atom. The average molecular weight is 397 g/mol. The summed E-state index contributed by atoms with van der Waals surface area (Å²) in [5.41, 5.74) is 1.99. The first kappa shape index (κ1) is 19.2. The van der Waals surface area contributed by atoms with E-state index >= 15 is 0 Å². The number of rotatable bonds is 4. The van der Waals surface area contributed by atoms with Crippen LogP contribution in [0.5, 0.6) is 0 Å². The molecule has 0 radical (unpaired) electrons. The number of halogens is 1. The minimum Gasteiger partial charge on any atom is -0.368 e. The molecule has 0 unspecified atom stereocenters. The zero-order valence-corrected chi connectivity index (χ0v) is 16.2. The molecule has 1 aromatic carbocycles. The van der Waals surface area contributed by atoms with Gasteiger partial charge in [-0.25, -0.2) is 4.39 Å². The lowest BCUT2D eigenvalue weighted by Gasteiger charge is -2.37. The zero-order valence-electron chi connectivity index (χ0n) is 16.2. The van der Waals surface area contributed by atoms with Gasteiger partial charge in [-0.15, -0.1) is 0 Å². The Balaban J connectivity index is 1.40. The molecule has 2 aliphatic rings. The van der Waals surface area contributed by atoms with Crippen LogP contribution in [0.4, 0.5) is 15.8 Å². The largest absolute Gasteiger partial charge is 0.368 e. The molecule has 2 fully saturated rings. The highest BCUT2D eigenvalue weighted by atomic mass is 19.1. The average Bonchev–Trinajstić information content (AvgIpc) is 2.79. The van der Waals surface area contributed by atoms with Gasteiger partial charge in [-0.3, -0.25) is 14.6 Å². The number of hydrogen-bond donors (Lipinski definition) is 0. The molecule has 0 N–H and O–H groups in total. The summed E-state index contributed by atoms with van der Waals surface area (Å²) >= 11 is 0. The number of benzene rings is 1.